The fourth-order valence-electron chi connectivity index (χ4n) is 6.00. The highest BCUT2D eigenvalue weighted by Gasteiger charge is 2.24. The number of carbonyl (C=O) groups excluding carboxylic acids is 2. The highest BCUT2D eigenvalue weighted by molar-refractivity contribution is 7.99. The van der Waals surface area contributed by atoms with Gasteiger partial charge < -0.3 is 40.0 Å². The van der Waals surface area contributed by atoms with Crippen molar-refractivity contribution < 1.29 is 23.8 Å². The van der Waals surface area contributed by atoms with Gasteiger partial charge in [-0.1, -0.05) is 30.0 Å². The van der Waals surface area contributed by atoms with Crippen LogP contribution in [0.3, 0.4) is 0 Å². The first-order chi connectivity index (χ1) is 24.6. The summed E-state index contributed by atoms with van der Waals surface area (Å²) < 4.78 is 16.0. The Morgan fingerprint density at radius 2 is 1.73 bits per heavy atom. The predicted molar refractivity (Wildman–Crippen MR) is 204 cm³/mol. The van der Waals surface area contributed by atoms with Crippen LogP contribution in [0.4, 0.5) is 23.1 Å². The number of benzene rings is 3. The van der Waals surface area contributed by atoms with Crippen molar-refractivity contribution in [2.75, 3.05) is 83.7 Å². The van der Waals surface area contributed by atoms with Gasteiger partial charge in [-0.15, -0.1) is 0 Å². The standard InChI is InChI=1S/C19H27N5O4.C19H22N2OS/c1-24(8-5-7-21-18(25)14-6-4-9-28-14)19-22-13-11-16(27-3)15(26-2)10-12(13)17(20)23-19;1-14(22)15-9-10-19-17(13-15)21(12-6-11-20(2)3)16-7-4-5-8-18(16)23-19/h10-11,14H,4-9H2,1-3H3,(H,21,25)(H2,20,22,23);4-5,7-10,13H,6,11-12H2,1-3H3. The molecule has 0 bridgehead atoms. The number of nitrogen functional groups attached to an aromatic ring is 1. The highest BCUT2D eigenvalue weighted by Crippen LogP contribution is 2.48. The van der Waals surface area contributed by atoms with Gasteiger partial charge in [0.05, 0.1) is 31.1 Å². The minimum atomic E-state index is -0.298. The molecule has 0 aliphatic carbocycles. The monoisotopic (exact) mass is 715 g/mol. The Morgan fingerprint density at radius 1 is 0.980 bits per heavy atom. The molecule has 6 rings (SSSR count). The summed E-state index contributed by atoms with van der Waals surface area (Å²) in [6.45, 7) is 5.53. The van der Waals surface area contributed by atoms with E-state index in [-0.39, 0.29) is 17.8 Å². The van der Waals surface area contributed by atoms with Crippen LogP contribution in [0.5, 0.6) is 11.5 Å². The van der Waals surface area contributed by atoms with Crippen LogP contribution < -0.4 is 30.3 Å². The van der Waals surface area contributed by atoms with Crippen molar-refractivity contribution in [2.24, 2.45) is 0 Å². The molecule has 3 aromatic carbocycles. The molecule has 3 heterocycles. The van der Waals surface area contributed by atoms with Crippen molar-refractivity contribution in [1.29, 1.82) is 0 Å². The molecule has 1 aromatic heterocycles. The summed E-state index contributed by atoms with van der Waals surface area (Å²) in [5.74, 6) is 2.13. The number of anilines is 4. The van der Waals surface area contributed by atoms with Crippen LogP contribution in [-0.4, -0.2) is 101 Å². The quantitative estimate of drug-likeness (QED) is 0.128. The van der Waals surface area contributed by atoms with E-state index < -0.39 is 0 Å². The zero-order valence-corrected chi connectivity index (χ0v) is 31.2. The number of nitrogens with two attached hydrogens (primary N) is 1. The first kappa shape index (κ1) is 37.7. The van der Waals surface area contributed by atoms with Crippen LogP contribution in [0.2, 0.25) is 0 Å². The van der Waals surface area contributed by atoms with Gasteiger partial charge in [-0.3, -0.25) is 9.59 Å². The average Bonchev–Trinajstić information content (AvgIpc) is 3.68. The number of ether oxygens (including phenoxy) is 3. The summed E-state index contributed by atoms with van der Waals surface area (Å²) in [5, 5.41) is 3.62. The van der Waals surface area contributed by atoms with Crippen molar-refractivity contribution in [3.8, 4) is 11.5 Å². The summed E-state index contributed by atoms with van der Waals surface area (Å²) in [4.78, 5) is 41.7. The number of ketones is 1. The molecule has 2 aliphatic heterocycles. The van der Waals surface area contributed by atoms with E-state index in [4.69, 9.17) is 19.9 Å². The second-order valence-electron chi connectivity index (χ2n) is 12.8. The minimum Gasteiger partial charge on any atom is -0.493 e. The summed E-state index contributed by atoms with van der Waals surface area (Å²) >= 11 is 1.78. The van der Waals surface area contributed by atoms with Gasteiger partial charge in [-0.05, 0) is 83.6 Å². The molecular weight excluding hydrogens is 667 g/mol. The number of carbonyl (C=O) groups is 2. The van der Waals surface area contributed by atoms with Gasteiger partial charge in [0.1, 0.15) is 11.9 Å². The normalized spacial score (nSPS) is 14.7. The van der Waals surface area contributed by atoms with Crippen molar-refractivity contribution in [3.05, 3.63) is 60.2 Å². The molecule has 3 N–H and O–H groups in total. The number of rotatable bonds is 13. The van der Waals surface area contributed by atoms with Gasteiger partial charge in [0.15, 0.2) is 17.3 Å². The van der Waals surface area contributed by atoms with Crippen LogP contribution in [-0.2, 0) is 9.53 Å². The van der Waals surface area contributed by atoms with Gasteiger partial charge in [0, 0.05) is 60.1 Å². The predicted octanol–water partition coefficient (Wildman–Crippen LogP) is 5.79. The third-order valence-corrected chi connectivity index (χ3v) is 9.90. The number of nitrogens with one attached hydrogen (secondary N) is 1. The van der Waals surface area contributed by atoms with Gasteiger partial charge in [0.2, 0.25) is 11.9 Å². The van der Waals surface area contributed by atoms with E-state index in [1.165, 1.54) is 15.5 Å². The maximum atomic E-state index is 12.0. The lowest BCUT2D eigenvalue weighted by Crippen LogP contribution is -2.36. The number of aromatic nitrogens is 2. The van der Waals surface area contributed by atoms with Crippen LogP contribution in [0, 0.1) is 0 Å². The largest absolute Gasteiger partial charge is 0.493 e. The Labute approximate surface area is 304 Å². The van der Waals surface area contributed by atoms with E-state index >= 15 is 0 Å². The number of nitrogens with zero attached hydrogens (tertiary/aromatic N) is 5. The highest BCUT2D eigenvalue weighted by atomic mass is 32.2. The van der Waals surface area contributed by atoms with E-state index in [0.29, 0.717) is 53.9 Å². The van der Waals surface area contributed by atoms with E-state index in [9.17, 15) is 9.59 Å². The van der Waals surface area contributed by atoms with Gasteiger partial charge in [0.25, 0.3) is 0 Å². The summed E-state index contributed by atoms with van der Waals surface area (Å²) in [7, 11) is 9.24. The lowest BCUT2D eigenvalue weighted by molar-refractivity contribution is -0.130. The number of hydrogen-bond acceptors (Lipinski definition) is 12. The molecule has 0 radical (unpaired) electrons. The lowest BCUT2D eigenvalue weighted by Gasteiger charge is -2.33. The Morgan fingerprint density at radius 3 is 2.43 bits per heavy atom. The molecule has 4 aromatic rings. The number of methoxy groups -OCH3 is 2. The van der Waals surface area contributed by atoms with E-state index in [2.05, 4.69) is 69.5 Å². The fraction of sp³-hybridized carbons (Fsp3) is 0.421. The van der Waals surface area contributed by atoms with Crippen LogP contribution in [0.1, 0.15) is 43.0 Å². The second kappa shape index (κ2) is 17.6. The minimum absolute atomic E-state index is 0.0348. The van der Waals surface area contributed by atoms with E-state index in [0.717, 1.165) is 50.0 Å². The molecule has 1 atom stereocenters. The Hall–Kier alpha value is -4.59. The van der Waals surface area contributed by atoms with Gasteiger partial charge >= 0.3 is 0 Å². The maximum absolute atomic E-state index is 12.0. The maximum Gasteiger partial charge on any atom is 0.249 e. The van der Waals surface area contributed by atoms with Crippen molar-refractivity contribution in [1.82, 2.24) is 20.2 Å². The first-order valence-corrected chi connectivity index (χ1v) is 18.0. The molecule has 0 spiro atoms. The third-order valence-electron chi connectivity index (χ3n) is 8.77. The number of fused-ring (bicyclic) bond motifs is 3. The van der Waals surface area contributed by atoms with Crippen LogP contribution in [0.15, 0.2) is 64.4 Å². The lowest BCUT2D eigenvalue weighted by atomic mass is 10.1. The Balaban J connectivity index is 0.000000201. The van der Waals surface area contributed by atoms with Crippen LogP contribution in [0.25, 0.3) is 10.9 Å². The number of amides is 1. The molecule has 1 saturated heterocycles. The second-order valence-corrected chi connectivity index (χ2v) is 13.9. The van der Waals surface area contributed by atoms with Crippen molar-refractivity contribution in [2.45, 2.75) is 48.5 Å². The molecule has 272 valence electrons. The molecule has 51 heavy (non-hydrogen) atoms. The molecular formula is C38H49N7O5S. The van der Waals surface area contributed by atoms with E-state index in [1.54, 1.807) is 45.0 Å². The zero-order valence-electron chi connectivity index (χ0n) is 30.4. The molecule has 2 aliphatic rings. The van der Waals surface area contributed by atoms with E-state index in [1.807, 2.05) is 24.1 Å². The average molecular weight is 716 g/mol. The first-order valence-electron chi connectivity index (χ1n) is 17.2. The molecule has 1 fully saturated rings. The Bertz CT molecular complexity index is 1830. The van der Waals surface area contributed by atoms with Gasteiger partial charge in [-0.25, -0.2) is 4.98 Å². The molecule has 1 unspecified atom stereocenters. The number of para-hydroxylation sites is 1. The van der Waals surface area contributed by atoms with Crippen LogP contribution >= 0.6 is 11.8 Å². The van der Waals surface area contributed by atoms with Crippen molar-refractivity contribution >= 4 is 57.5 Å². The summed E-state index contributed by atoms with van der Waals surface area (Å²) in [6, 6.07) is 18.1. The summed E-state index contributed by atoms with van der Waals surface area (Å²) in [6.07, 6.45) is 3.27. The fourth-order valence-corrected chi connectivity index (χ4v) is 7.07. The SMILES string of the molecule is CC(=O)c1ccc2c(c1)N(CCCN(C)C)c1ccccc1S2.COc1cc2nc(N(C)CCCNC(=O)C3CCCO3)nc(N)c2cc1OC. The Kier molecular flexibility index (Phi) is 13.0. The molecule has 0 saturated carbocycles. The number of Topliss-reactive ketones (excluding diaryl/α,β-unsaturated/α-hetero) is 1. The van der Waals surface area contributed by atoms with Crippen molar-refractivity contribution in [3.63, 3.8) is 0 Å². The zero-order chi connectivity index (χ0) is 36.5. The molecule has 1 amide bonds. The smallest absolute Gasteiger partial charge is 0.249 e. The van der Waals surface area contributed by atoms with Gasteiger partial charge in [-0.2, -0.15) is 4.98 Å². The molecule has 13 heteroatoms. The topological polar surface area (TPSA) is 135 Å². The number of hydrogen-bond donors (Lipinski definition) is 2. The third kappa shape index (κ3) is 9.40. The summed E-state index contributed by atoms with van der Waals surface area (Å²) in [5.41, 5.74) is 9.98. The molecule has 12 nitrogen and oxygen atoms in total.